The Morgan fingerprint density at radius 2 is 2.36 bits per heavy atom. The average Bonchev–Trinajstić information content (AvgIpc) is 2.19. The maximum Gasteiger partial charge on any atom is 0.333 e. The van der Waals surface area contributed by atoms with Crippen LogP contribution >= 0.6 is 0 Å². The number of rotatable bonds is 4. The SMILES string of the molecule is C=C(C)C(=O)OCCC1CCCCO1. The normalized spacial score (nSPS) is 21.6. The summed E-state index contributed by atoms with van der Waals surface area (Å²) in [5, 5.41) is 0. The molecule has 1 saturated heterocycles. The molecule has 0 bridgehead atoms. The summed E-state index contributed by atoms with van der Waals surface area (Å²) in [4.78, 5) is 11.0. The molecular formula is C11H18O3. The van der Waals surface area contributed by atoms with E-state index in [2.05, 4.69) is 6.58 Å². The minimum Gasteiger partial charge on any atom is -0.462 e. The van der Waals surface area contributed by atoms with Crippen molar-refractivity contribution in [3.8, 4) is 0 Å². The van der Waals surface area contributed by atoms with E-state index >= 15 is 0 Å². The first-order chi connectivity index (χ1) is 6.70. The maximum absolute atomic E-state index is 11.0. The monoisotopic (exact) mass is 198 g/mol. The molecule has 0 spiro atoms. The predicted octanol–water partition coefficient (Wildman–Crippen LogP) is 2.06. The lowest BCUT2D eigenvalue weighted by Gasteiger charge is -2.22. The summed E-state index contributed by atoms with van der Waals surface area (Å²) < 4.78 is 10.5. The summed E-state index contributed by atoms with van der Waals surface area (Å²) in [5.41, 5.74) is 0.453. The third kappa shape index (κ3) is 3.92. The van der Waals surface area contributed by atoms with Crippen LogP contribution in [0.5, 0.6) is 0 Å². The van der Waals surface area contributed by atoms with Crippen molar-refractivity contribution in [2.24, 2.45) is 0 Å². The lowest BCUT2D eigenvalue weighted by molar-refractivity contribution is -0.140. The molecule has 3 heteroatoms. The van der Waals surface area contributed by atoms with E-state index < -0.39 is 0 Å². The number of carbonyl (C=O) groups is 1. The van der Waals surface area contributed by atoms with Crippen LogP contribution in [0.1, 0.15) is 32.6 Å². The molecule has 0 saturated carbocycles. The van der Waals surface area contributed by atoms with Gasteiger partial charge in [0.15, 0.2) is 0 Å². The van der Waals surface area contributed by atoms with Gasteiger partial charge < -0.3 is 9.47 Å². The van der Waals surface area contributed by atoms with Crippen molar-refractivity contribution in [1.29, 1.82) is 0 Å². The molecule has 1 unspecified atom stereocenters. The molecule has 0 radical (unpaired) electrons. The fraction of sp³-hybridized carbons (Fsp3) is 0.727. The Morgan fingerprint density at radius 1 is 1.57 bits per heavy atom. The van der Waals surface area contributed by atoms with Gasteiger partial charge in [0, 0.05) is 18.6 Å². The van der Waals surface area contributed by atoms with Crippen LogP contribution in [0.3, 0.4) is 0 Å². The highest BCUT2D eigenvalue weighted by atomic mass is 16.5. The standard InChI is InChI=1S/C11H18O3/c1-9(2)11(12)14-8-6-10-5-3-4-7-13-10/h10H,1,3-8H2,2H3. The molecule has 0 aliphatic carbocycles. The van der Waals surface area contributed by atoms with E-state index in [-0.39, 0.29) is 12.1 Å². The van der Waals surface area contributed by atoms with Crippen molar-refractivity contribution in [3.63, 3.8) is 0 Å². The van der Waals surface area contributed by atoms with E-state index in [0.29, 0.717) is 12.2 Å². The Kier molecular flexibility index (Phi) is 4.66. The van der Waals surface area contributed by atoms with Crippen molar-refractivity contribution in [1.82, 2.24) is 0 Å². The van der Waals surface area contributed by atoms with Gasteiger partial charge in [-0.2, -0.15) is 0 Å². The molecule has 1 rings (SSSR count). The second-order valence-corrected chi connectivity index (χ2v) is 3.69. The van der Waals surface area contributed by atoms with Crippen LogP contribution in [0.15, 0.2) is 12.2 Å². The van der Waals surface area contributed by atoms with E-state index in [9.17, 15) is 4.79 Å². The van der Waals surface area contributed by atoms with Gasteiger partial charge >= 0.3 is 5.97 Å². The van der Waals surface area contributed by atoms with Crippen molar-refractivity contribution < 1.29 is 14.3 Å². The van der Waals surface area contributed by atoms with Gasteiger partial charge in [0.2, 0.25) is 0 Å². The molecule has 0 N–H and O–H groups in total. The first-order valence-electron chi connectivity index (χ1n) is 5.14. The fourth-order valence-electron chi connectivity index (χ4n) is 1.44. The molecule has 1 aliphatic rings. The predicted molar refractivity (Wildman–Crippen MR) is 54.0 cm³/mol. The molecular weight excluding hydrogens is 180 g/mol. The Balaban J connectivity index is 2.08. The minimum atomic E-state index is -0.305. The second-order valence-electron chi connectivity index (χ2n) is 3.69. The molecule has 1 aliphatic heterocycles. The molecule has 0 aromatic rings. The zero-order valence-electron chi connectivity index (χ0n) is 8.75. The highest BCUT2D eigenvalue weighted by Gasteiger charge is 2.14. The highest BCUT2D eigenvalue weighted by molar-refractivity contribution is 5.86. The molecule has 0 aromatic carbocycles. The van der Waals surface area contributed by atoms with Crippen molar-refractivity contribution in [2.45, 2.75) is 38.7 Å². The molecule has 0 aromatic heterocycles. The Bertz CT molecular complexity index is 205. The average molecular weight is 198 g/mol. The van der Waals surface area contributed by atoms with Crippen LogP contribution < -0.4 is 0 Å². The van der Waals surface area contributed by atoms with E-state index in [1.165, 1.54) is 6.42 Å². The third-order valence-electron chi connectivity index (χ3n) is 2.30. The topological polar surface area (TPSA) is 35.5 Å². The quantitative estimate of drug-likeness (QED) is 0.512. The molecule has 0 amide bonds. The summed E-state index contributed by atoms with van der Waals surface area (Å²) in [6.45, 7) is 6.45. The number of carbonyl (C=O) groups excluding carboxylic acids is 1. The molecule has 14 heavy (non-hydrogen) atoms. The Labute approximate surface area is 85.1 Å². The number of ether oxygens (including phenoxy) is 2. The Morgan fingerprint density at radius 3 is 2.93 bits per heavy atom. The van der Waals surface area contributed by atoms with Gasteiger partial charge in [0.1, 0.15) is 0 Å². The maximum atomic E-state index is 11.0. The van der Waals surface area contributed by atoms with Crippen molar-refractivity contribution in [2.75, 3.05) is 13.2 Å². The number of esters is 1. The minimum absolute atomic E-state index is 0.279. The van der Waals surface area contributed by atoms with Crippen LogP contribution in [0, 0.1) is 0 Å². The summed E-state index contributed by atoms with van der Waals surface area (Å²) >= 11 is 0. The van der Waals surface area contributed by atoms with E-state index in [1.54, 1.807) is 6.92 Å². The molecule has 3 nitrogen and oxygen atoms in total. The van der Waals surface area contributed by atoms with Crippen molar-refractivity contribution >= 4 is 5.97 Å². The van der Waals surface area contributed by atoms with Crippen molar-refractivity contribution in [3.05, 3.63) is 12.2 Å². The van der Waals surface area contributed by atoms with E-state index in [1.807, 2.05) is 0 Å². The number of hydrogen-bond donors (Lipinski definition) is 0. The molecule has 80 valence electrons. The molecule has 1 heterocycles. The molecule has 1 fully saturated rings. The lowest BCUT2D eigenvalue weighted by atomic mass is 10.1. The summed E-state index contributed by atoms with van der Waals surface area (Å²) in [7, 11) is 0. The van der Waals surface area contributed by atoms with E-state index in [0.717, 1.165) is 25.9 Å². The van der Waals surface area contributed by atoms with Crippen LogP contribution in [0.25, 0.3) is 0 Å². The summed E-state index contributed by atoms with van der Waals surface area (Å²) in [6, 6.07) is 0. The molecule has 1 atom stereocenters. The van der Waals surface area contributed by atoms with Gasteiger partial charge in [0.05, 0.1) is 12.7 Å². The highest BCUT2D eigenvalue weighted by Crippen LogP contribution is 2.15. The van der Waals surface area contributed by atoms with Crippen LogP contribution in [0.2, 0.25) is 0 Å². The van der Waals surface area contributed by atoms with Crippen LogP contribution in [-0.2, 0) is 14.3 Å². The summed E-state index contributed by atoms with van der Waals surface area (Å²) in [6.07, 6.45) is 4.55. The lowest BCUT2D eigenvalue weighted by Crippen LogP contribution is -2.21. The van der Waals surface area contributed by atoms with Gasteiger partial charge in [-0.3, -0.25) is 0 Å². The first kappa shape index (κ1) is 11.2. The third-order valence-corrected chi connectivity index (χ3v) is 2.30. The van der Waals surface area contributed by atoms with Gasteiger partial charge in [-0.05, 0) is 26.2 Å². The van der Waals surface area contributed by atoms with Gasteiger partial charge in [-0.15, -0.1) is 0 Å². The van der Waals surface area contributed by atoms with Crippen LogP contribution in [-0.4, -0.2) is 25.3 Å². The summed E-state index contributed by atoms with van der Waals surface area (Å²) in [5.74, 6) is -0.305. The first-order valence-corrected chi connectivity index (χ1v) is 5.14. The fourth-order valence-corrected chi connectivity index (χ4v) is 1.44. The zero-order valence-corrected chi connectivity index (χ0v) is 8.75. The van der Waals surface area contributed by atoms with Gasteiger partial charge in [-0.1, -0.05) is 6.58 Å². The largest absolute Gasteiger partial charge is 0.462 e. The zero-order chi connectivity index (χ0) is 10.4. The second kappa shape index (κ2) is 5.81. The van der Waals surface area contributed by atoms with Gasteiger partial charge in [-0.25, -0.2) is 4.79 Å². The van der Waals surface area contributed by atoms with E-state index in [4.69, 9.17) is 9.47 Å². The smallest absolute Gasteiger partial charge is 0.333 e. The number of hydrogen-bond acceptors (Lipinski definition) is 3. The van der Waals surface area contributed by atoms with Gasteiger partial charge in [0.25, 0.3) is 0 Å². The van der Waals surface area contributed by atoms with Crippen LogP contribution in [0.4, 0.5) is 0 Å². The Hall–Kier alpha value is -0.830.